The molecule has 4 rings (SSSR count). The summed E-state index contributed by atoms with van der Waals surface area (Å²) < 4.78 is 0. The molecule has 1 aromatic carbocycles. The van der Waals surface area contributed by atoms with Crippen LogP contribution in [0.2, 0.25) is 0 Å². The third-order valence-electron chi connectivity index (χ3n) is 5.59. The van der Waals surface area contributed by atoms with Crippen LogP contribution in [0.4, 0.5) is 11.4 Å². The minimum absolute atomic E-state index is 0.153. The molecule has 3 heterocycles. The Morgan fingerprint density at radius 3 is 2.66 bits per heavy atom. The number of amides is 1. The number of nitrogens with two attached hydrogens (primary N) is 1. The number of β-amino-alcohol motifs (C(OH)–C–C–N with tert-alkyl or cyclic N) is 1. The van der Waals surface area contributed by atoms with Gasteiger partial charge in [0.25, 0.3) is 11.5 Å². The maximum Gasteiger partial charge on any atom is 0.271 e. The van der Waals surface area contributed by atoms with Gasteiger partial charge in [-0.3, -0.25) is 19.5 Å². The van der Waals surface area contributed by atoms with Gasteiger partial charge in [-0.2, -0.15) is 0 Å². The summed E-state index contributed by atoms with van der Waals surface area (Å²) in [4.78, 5) is 36.1. The fourth-order valence-electron chi connectivity index (χ4n) is 3.80. The number of nitrogens with one attached hydrogen (secondary N) is 3. The van der Waals surface area contributed by atoms with Crippen LogP contribution in [0.1, 0.15) is 22.0 Å². The zero-order valence-corrected chi connectivity index (χ0v) is 17.6. The Bertz CT molecular complexity index is 1070. The van der Waals surface area contributed by atoms with Crippen LogP contribution < -0.4 is 26.8 Å². The Balaban J connectivity index is 1.41. The van der Waals surface area contributed by atoms with Crippen molar-refractivity contribution < 1.29 is 9.90 Å². The van der Waals surface area contributed by atoms with E-state index in [4.69, 9.17) is 10.8 Å². The van der Waals surface area contributed by atoms with E-state index in [1.807, 2.05) is 12.1 Å². The van der Waals surface area contributed by atoms with E-state index in [9.17, 15) is 9.59 Å². The number of anilines is 2. The van der Waals surface area contributed by atoms with Crippen LogP contribution in [0.5, 0.6) is 0 Å². The Morgan fingerprint density at radius 2 is 1.97 bits per heavy atom. The molecule has 6 N–H and O–H groups in total. The number of nitrogens with zero attached hydrogens (tertiary/aromatic N) is 3. The highest BCUT2D eigenvalue weighted by atomic mass is 16.3. The standard InChI is InChI=1S/C22H27N7O3/c23-20-14-24-13-19(26-20)16-11-18(22(32)25-12-16)27-21(31)15-1-3-17(4-2-15)29-7-5-28(6-8-29)9-10-30/h1-4,11-14,19,26,30H,5-10,23H2,(H,25,32)(H,27,31). The number of aliphatic hydroxyl groups excluding tert-OH is 1. The number of hydrogen-bond acceptors (Lipinski definition) is 8. The lowest BCUT2D eigenvalue weighted by Gasteiger charge is -2.35. The number of piperazine rings is 1. The normalized spacial score (nSPS) is 18.7. The molecule has 0 bridgehead atoms. The zero-order valence-electron chi connectivity index (χ0n) is 17.6. The lowest BCUT2D eigenvalue weighted by Crippen LogP contribution is -2.47. The van der Waals surface area contributed by atoms with Crippen molar-refractivity contribution in [2.45, 2.75) is 6.04 Å². The molecule has 32 heavy (non-hydrogen) atoms. The van der Waals surface area contributed by atoms with Gasteiger partial charge in [0.15, 0.2) is 0 Å². The number of aliphatic hydroxyl groups is 1. The lowest BCUT2D eigenvalue weighted by molar-refractivity contribution is 0.102. The van der Waals surface area contributed by atoms with Gasteiger partial charge in [-0.1, -0.05) is 0 Å². The Hall–Kier alpha value is -3.63. The first-order valence-electron chi connectivity index (χ1n) is 10.5. The first-order valence-corrected chi connectivity index (χ1v) is 10.5. The lowest BCUT2D eigenvalue weighted by atomic mass is 10.1. The highest BCUT2D eigenvalue weighted by Crippen LogP contribution is 2.19. The number of aromatic nitrogens is 1. The summed E-state index contributed by atoms with van der Waals surface area (Å²) in [6, 6.07) is 8.64. The summed E-state index contributed by atoms with van der Waals surface area (Å²) >= 11 is 0. The average Bonchev–Trinajstić information content (AvgIpc) is 2.81. The van der Waals surface area contributed by atoms with E-state index in [2.05, 4.69) is 30.4 Å². The molecule has 1 aromatic heterocycles. The largest absolute Gasteiger partial charge is 0.395 e. The monoisotopic (exact) mass is 437 g/mol. The molecule has 2 aliphatic heterocycles. The second-order valence-corrected chi connectivity index (χ2v) is 7.73. The van der Waals surface area contributed by atoms with Crippen LogP contribution in [-0.2, 0) is 0 Å². The van der Waals surface area contributed by atoms with Gasteiger partial charge in [0, 0.05) is 56.4 Å². The Morgan fingerprint density at radius 1 is 1.22 bits per heavy atom. The van der Waals surface area contributed by atoms with Gasteiger partial charge >= 0.3 is 0 Å². The van der Waals surface area contributed by atoms with E-state index in [0.717, 1.165) is 37.4 Å². The summed E-state index contributed by atoms with van der Waals surface area (Å²) in [7, 11) is 0. The van der Waals surface area contributed by atoms with Gasteiger partial charge < -0.3 is 31.4 Å². The molecule has 1 amide bonds. The van der Waals surface area contributed by atoms with E-state index >= 15 is 0 Å². The number of carbonyl (C=O) groups excluding carboxylic acids is 1. The second-order valence-electron chi connectivity index (χ2n) is 7.73. The Kier molecular flexibility index (Phi) is 6.52. The molecule has 2 aromatic rings. The zero-order chi connectivity index (χ0) is 22.5. The maximum atomic E-state index is 12.7. The van der Waals surface area contributed by atoms with Crippen molar-refractivity contribution >= 4 is 23.5 Å². The van der Waals surface area contributed by atoms with E-state index in [0.29, 0.717) is 17.9 Å². The number of aliphatic imine (C=N–C) groups is 1. The second kappa shape index (κ2) is 9.67. The van der Waals surface area contributed by atoms with Gasteiger partial charge in [-0.05, 0) is 35.9 Å². The highest BCUT2D eigenvalue weighted by molar-refractivity contribution is 6.04. The van der Waals surface area contributed by atoms with Crippen LogP contribution in [0.15, 0.2) is 58.3 Å². The van der Waals surface area contributed by atoms with Gasteiger partial charge in [0.05, 0.1) is 18.8 Å². The van der Waals surface area contributed by atoms with Gasteiger partial charge in [-0.25, -0.2) is 0 Å². The van der Waals surface area contributed by atoms with Crippen molar-refractivity contribution in [1.29, 1.82) is 0 Å². The molecule has 2 aliphatic rings. The third-order valence-corrected chi connectivity index (χ3v) is 5.59. The highest BCUT2D eigenvalue weighted by Gasteiger charge is 2.18. The molecule has 0 aliphatic carbocycles. The fraction of sp³-hybridized carbons (Fsp3) is 0.318. The first-order chi connectivity index (χ1) is 15.5. The minimum Gasteiger partial charge on any atom is -0.395 e. The number of hydrogen-bond donors (Lipinski definition) is 5. The number of pyridine rings is 1. The maximum absolute atomic E-state index is 12.7. The van der Waals surface area contributed by atoms with Crippen LogP contribution >= 0.6 is 0 Å². The number of rotatable bonds is 6. The van der Waals surface area contributed by atoms with Crippen molar-refractivity contribution in [2.75, 3.05) is 49.5 Å². The van der Waals surface area contributed by atoms with Crippen molar-refractivity contribution in [3.63, 3.8) is 0 Å². The van der Waals surface area contributed by atoms with Crippen LogP contribution in [0, 0.1) is 0 Å². The van der Waals surface area contributed by atoms with E-state index in [1.165, 1.54) is 6.20 Å². The third kappa shape index (κ3) is 4.98. The smallest absolute Gasteiger partial charge is 0.271 e. The van der Waals surface area contributed by atoms with E-state index < -0.39 is 5.56 Å². The predicted molar refractivity (Wildman–Crippen MR) is 124 cm³/mol. The topological polar surface area (TPSA) is 139 Å². The number of benzene rings is 1. The summed E-state index contributed by atoms with van der Waals surface area (Å²) in [6.45, 7) is 4.39. The summed E-state index contributed by atoms with van der Waals surface area (Å²) in [6.07, 6.45) is 4.73. The Labute approximate surface area is 185 Å². The molecular weight excluding hydrogens is 410 g/mol. The molecule has 1 saturated heterocycles. The number of H-pyrrole nitrogens is 1. The summed E-state index contributed by atoms with van der Waals surface area (Å²) in [5, 5.41) is 14.8. The van der Waals surface area contributed by atoms with Crippen molar-refractivity contribution in [2.24, 2.45) is 10.7 Å². The minimum atomic E-state index is -0.393. The SMILES string of the molecule is NC1=CN=CC(c2c[nH]c(=O)c(NC(=O)c3ccc(N4CCN(CCO)CC4)cc3)c2)N1. The molecule has 1 fully saturated rings. The van der Waals surface area contributed by atoms with E-state index in [1.54, 1.807) is 30.6 Å². The molecule has 1 unspecified atom stereocenters. The molecule has 168 valence electrons. The average molecular weight is 438 g/mol. The molecule has 1 atom stereocenters. The van der Waals surface area contributed by atoms with Crippen molar-refractivity contribution in [1.82, 2.24) is 15.2 Å². The van der Waals surface area contributed by atoms with Crippen molar-refractivity contribution in [3.05, 3.63) is 70.0 Å². The summed E-state index contributed by atoms with van der Waals surface area (Å²) in [5.74, 6) is 0.0563. The van der Waals surface area contributed by atoms with Crippen LogP contribution in [-0.4, -0.2) is 66.4 Å². The molecule has 10 heteroatoms. The fourth-order valence-corrected chi connectivity index (χ4v) is 3.80. The van der Waals surface area contributed by atoms with Gasteiger partial charge in [0.1, 0.15) is 11.5 Å². The first kappa shape index (κ1) is 21.6. The quantitative estimate of drug-likeness (QED) is 0.435. The van der Waals surface area contributed by atoms with E-state index in [-0.39, 0.29) is 24.2 Å². The molecular formula is C22H27N7O3. The summed E-state index contributed by atoms with van der Waals surface area (Å²) in [5.41, 5.74) is 7.73. The predicted octanol–water partition coefficient (Wildman–Crippen LogP) is 0.214. The number of carbonyl (C=O) groups is 1. The molecule has 10 nitrogen and oxygen atoms in total. The van der Waals surface area contributed by atoms with Crippen LogP contribution in [0.25, 0.3) is 0 Å². The van der Waals surface area contributed by atoms with Crippen molar-refractivity contribution in [3.8, 4) is 0 Å². The molecule has 0 radical (unpaired) electrons. The molecule has 0 spiro atoms. The molecule has 0 saturated carbocycles. The van der Waals surface area contributed by atoms with Gasteiger partial charge in [-0.15, -0.1) is 0 Å². The van der Waals surface area contributed by atoms with Crippen LogP contribution in [0.3, 0.4) is 0 Å². The number of aromatic amines is 1. The van der Waals surface area contributed by atoms with Gasteiger partial charge in [0.2, 0.25) is 0 Å².